The number of hydrogen-bond donors (Lipinski definition) is 1. The van der Waals surface area contributed by atoms with Crippen LogP contribution in [0.5, 0.6) is 0 Å². The van der Waals surface area contributed by atoms with Crippen molar-refractivity contribution in [3.63, 3.8) is 0 Å². The predicted molar refractivity (Wildman–Crippen MR) is 55.7 cm³/mol. The van der Waals surface area contributed by atoms with Gasteiger partial charge in [0.05, 0.1) is 0 Å². The van der Waals surface area contributed by atoms with Gasteiger partial charge in [0, 0.05) is 24.0 Å². The van der Waals surface area contributed by atoms with E-state index in [1.165, 1.54) is 0 Å². The monoisotopic (exact) mass is 196 g/mol. The summed E-state index contributed by atoms with van der Waals surface area (Å²) >= 11 is 0. The lowest BCUT2D eigenvalue weighted by Gasteiger charge is -2.39. The van der Waals surface area contributed by atoms with Gasteiger partial charge in [-0.15, -0.1) is 0 Å². The Hall–Kier alpha value is -0.570. The average Bonchev–Trinajstić information content (AvgIpc) is 2.89. The van der Waals surface area contributed by atoms with E-state index < -0.39 is 0 Å². The number of carbonyl (C=O) groups is 1. The molecule has 14 heavy (non-hydrogen) atoms. The number of hydrogen-bond acceptors (Lipinski definition) is 2. The smallest absolute Gasteiger partial charge is 0.228 e. The van der Waals surface area contributed by atoms with Crippen molar-refractivity contribution in [1.29, 1.82) is 0 Å². The average molecular weight is 196 g/mol. The van der Waals surface area contributed by atoms with Crippen LogP contribution >= 0.6 is 0 Å². The van der Waals surface area contributed by atoms with Crippen molar-refractivity contribution in [2.45, 2.75) is 51.6 Å². The molecule has 2 rings (SSSR count). The van der Waals surface area contributed by atoms with Gasteiger partial charge in [0.2, 0.25) is 5.91 Å². The van der Waals surface area contributed by atoms with Crippen LogP contribution in [0.25, 0.3) is 0 Å². The molecule has 2 N–H and O–H groups in total. The van der Waals surface area contributed by atoms with Gasteiger partial charge in [-0.25, -0.2) is 0 Å². The normalized spacial score (nSPS) is 35.5. The Labute approximate surface area is 85.6 Å². The second-order valence-electron chi connectivity index (χ2n) is 5.11. The molecule has 0 aromatic rings. The highest BCUT2D eigenvalue weighted by molar-refractivity contribution is 5.85. The number of nitrogens with zero attached hydrogens (tertiary/aromatic N) is 1. The van der Waals surface area contributed by atoms with Crippen molar-refractivity contribution < 1.29 is 4.79 Å². The molecule has 80 valence electrons. The molecule has 3 nitrogen and oxygen atoms in total. The van der Waals surface area contributed by atoms with Gasteiger partial charge in [0.15, 0.2) is 0 Å². The van der Waals surface area contributed by atoms with E-state index in [2.05, 4.69) is 13.8 Å². The molecule has 1 amide bonds. The van der Waals surface area contributed by atoms with Crippen LogP contribution in [0.4, 0.5) is 0 Å². The van der Waals surface area contributed by atoms with E-state index in [4.69, 9.17) is 5.73 Å². The lowest BCUT2D eigenvalue weighted by molar-refractivity contribution is -0.140. The number of piperidine rings is 1. The zero-order valence-corrected chi connectivity index (χ0v) is 9.12. The summed E-state index contributed by atoms with van der Waals surface area (Å²) in [6.45, 7) is 5.05. The highest BCUT2D eigenvalue weighted by Gasteiger charge is 2.48. The minimum absolute atomic E-state index is 0.0364. The third kappa shape index (κ3) is 1.54. The topological polar surface area (TPSA) is 46.3 Å². The number of rotatable bonds is 1. The van der Waals surface area contributed by atoms with E-state index in [0.29, 0.717) is 5.91 Å². The SMILES string of the molecule is CC1C(N)CCCN1C(=O)C1(C)CC1. The maximum absolute atomic E-state index is 12.1. The fourth-order valence-corrected chi connectivity index (χ4v) is 2.21. The fourth-order valence-electron chi connectivity index (χ4n) is 2.21. The van der Waals surface area contributed by atoms with Gasteiger partial charge in [0.1, 0.15) is 0 Å². The zero-order chi connectivity index (χ0) is 10.3. The molecule has 1 aliphatic carbocycles. The highest BCUT2D eigenvalue weighted by atomic mass is 16.2. The first-order valence-electron chi connectivity index (χ1n) is 5.61. The maximum atomic E-state index is 12.1. The lowest BCUT2D eigenvalue weighted by Crippen LogP contribution is -2.54. The Morgan fingerprint density at radius 1 is 1.50 bits per heavy atom. The summed E-state index contributed by atoms with van der Waals surface area (Å²) in [5, 5.41) is 0. The minimum Gasteiger partial charge on any atom is -0.338 e. The molecule has 0 radical (unpaired) electrons. The van der Waals surface area contributed by atoms with Crippen molar-refractivity contribution in [2.75, 3.05) is 6.54 Å². The molecule has 2 aliphatic rings. The van der Waals surface area contributed by atoms with E-state index in [1.54, 1.807) is 0 Å². The number of likely N-dealkylation sites (tertiary alicyclic amines) is 1. The van der Waals surface area contributed by atoms with Crippen LogP contribution in [-0.2, 0) is 4.79 Å². The van der Waals surface area contributed by atoms with Crippen LogP contribution in [0.1, 0.15) is 39.5 Å². The number of amides is 1. The molecule has 1 saturated heterocycles. The summed E-state index contributed by atoms with van der Waals surface area (Å²) in [5.74, 6) is 0.333. The zero-order valence-electron chi connectivity index (χ0n) is 9.12. The summed E-state index contributed by atoms with van der Waals surface area (Å²) in [5.41, 5.74) is 5.94. The van der Waals surface area contributed by atoms with Gasteiger partial charge in [-0.2, -0.15) is 0 Å². The molecule has 0 aromatic carbocycles. The van der Waals surface area contributed by atoms with Crippen molar-refractivity contribution in [3.8, 4) is 0 Å². The Bertz CT molecular complexity index is 248. The first kappa shape index (κ1) is 9.97. The van der Waals surface area contributed by atoms with Gasteiger partial charge in [0.25, 0.3) is 0 Å². The standard InChI is InChI=1S/C11H20N2O/c1-8-9(12)4-3-7-13(8)10(14)11(2)5-6-11/h8-9H,3-7,12H2,1-2H3. The van der Waals surface area contributed by atoms with E-state index in [0.717, 1.165) is 32.2 Å². The number of carbonyl (C=O) groups excluding carboxylic acids is 1. The molecule has 0 aromatic heterocycles. The first-order valence-corrected chi connectivity index (χ1v) is 5.61. The van der Waals surface area contributed by atoms with E-state index in [1.807, 2.05) is 4.90 Å². The lowest BCUT2D eigenvalue weighted by atomic mass is 9.96. The molecule has 2 unspecified atom stereocenters. The third-order valence-electron chi connectivity index (χ3n) is 3.82. The fraction of sp³-hybridized carbons (Fsp3) is 0.909. The van der Waals surface area contributed by atoms with E-state index >= 15 is 0 Å². The Morgan fingerprint density at radius 2 is 2.14 bits per heavy atom. The number of nitrogens with two attached hydrogens (primary N) is 1. The van der Waals surface area contributed by atoms with Crippen LogP contribution in [0, 0.1) is 5.41 Å². The summed E-state index contributed by atoms with van der Waals surface area (Å²) in [6.07, 6.45) is 4.24. The molecule has 3 heteroatoms. The van der Waals surface area contributed by atoms with Gasteiger partial charge >= 0.3 is 0 Å². The van der Waals surface area contributed by atoms with Gasteiger partial charge in [-0.3, -0.25) is 4.79 Å². The van der Waals surface area contributed by atoms with Gasteiger partial charge < -0.3 is 10.6 Å². The van der Waals surface area contributed by atoms with Crippen LogP contribution in [-0.4, -0.2) is 29.4 Å². The highest BCUT2D eigenvalue weighted by Crippen LogP contribution is 2.47. The Balaban J connectivity index is 2.05. The second kappa shape index (κ2) is 3.23. The van der Waals surface area contributed by atoms with Gasteiger partial charge in [-0.1, -0.05) is 6.92 Å². The molecular formula is C11H20N2O. The summed E-state index contributed by atoms with van der Waals surface area (Å²) in [7, 11) is 0. The van der Waals surface area contributed by atoms with E-state index in [9.17, 15) is 4.79 Å². The molecule has 2 fully saturated rings. The van der Waals surface area contributed by atoms with Crippen LogP contribution in [0.15, 0.2) is 0 Å². The maximum Gasteiger partial charge on any atom is 0.228 e. The third-order valence-corrected chi connectivity index (χ3v) is 3.82. The van der Waals surface area contributed by atoms with Crippen LogP contribution in [0.2, 0.25) is 0 Å². The van der Waals surface area contributed by atoms with Crippen molar-refractivity contribution in [2.24, 2.45) is 11.1 Å². The molecule has 0 bridgehead atoms. The summed E-state index contributed by atoms with van der Waals surface area (Å²) in [4.78, 5) is 14.1. The van der Waals surface area contributed by atoms with Crippen LogP contribution in [0.3, 0.4) is 0 Å². The second-order valence-corrected chi connectivity index (χ2v) is 5.11. The molecule has 1 heterocycles. The van der Waals surface area contributed by atoms with Crippen LogP contribution < -0.4 is 5.73 Å². The predicted octanol–water partition coefficient (Wildman–Crippen LogP) is 1.12. The van der Waals surface area contributed by atoms with Gasteiger partial charge in [-0.05, 0) is 32.6 Å². The quantitative estimate of drug-likeness (QED) is 0.683. The Kier molecular flexibility index (Phi) is 2.30. The molecule has 1 saturated carbocycles. The molecule has 1 aliphatic heterocycles. The minimum atomic E-state index is -0.0364. The Morgan fingerprint density at radius 3 is 2.71 bits per heavy atom. The first-order chi connectivity index (χ1) is 6.54. The summed E-state index contributed by atoms with van der Waals surface area (Å²) < 4.78 is 0. The van der Waals surface area contributed by atoms with Crippen molar-refractivity contribution >= 4 is 5.91 Å². The van der Waals surface area contributed by atoms with Crippen molar-refractivity contribution in [1.82, 2.24) is 4.90 Å². The van der Waals surface area contributed by atoms with E-state index in [-0.39, 0.29) is 17.5 Å². The van der Waals surface area contributed by atoms with Crippen molar-refractivity contribution in [3.05, 3.63) is 0 Å². The largest absolute Gasteiger partial charge is 0.338 e. The molecule has 0 spiro atoms. The molecular weight excluding hydrogens is 176 g/mol. The molecule has 2 atom stereocenters. The summed E-state index contributed by atoms with van der Waals surface area (Å²) in [6, 6.07) is 0.406.